The maximum absolute atomic E-state index is 12.1. The second-order valence-electron chi connectivity index (χ2n) is 5.43. The van der Waals surface area contributed by atoms with Gasteiger partial charge in [0, 0.05) is 11.3 Å². The van der Waals surface area contributed by atoms with Crippen LogP contribution in [-0.2, 0) is 4.74 Å². The van der Waals surface area contributed by atoms with Gasteiger partial charge in [0.05, 0.1) is 19.8 Å². The summed E-state index contributed by atoms with van der Waals surface area (Å²) in [5, 5.41) is 5.35. The Morgan fingerprint density at radius 2 is 1.48 bits per heavy atom. The first-order chi connectivity index (χ1) is 13.1. The highest BCUT2D eigenvalue weighted by atomic mass is 16.5. The fourth-order valence-electron chi connectivity index (χ4n) is 2.22. The van der Waals surface area contributed by atoms with Gasteiger partial charge in [0.25, 0.3) is 5.91 Å². The third kappa shape index (κ3) is 6.89. The van der Waals surface area contributed by atoms with Crippen LogP contribution in [0.2, 0.25) is 0 Å². The van der Waals surface area contributed by atoms with Gasteiger partial charge in [-0.25, -0.2) is 4.79 Å². The van der Waals surface area contributed by atoms with Crippen molar-refractivity contribution in [3.8, 4) is 11.5 Å². The van der Waals surface area contributed by atoms with Crippen LogP contribution in [0.4, 0.5) is 10.5 Å². The van der Waals surface area contributed by atoms with Gasteiger partial charge in [-0.15, -0.1) is 0 Å². The molecule has 0 radical (unpaired) electrons. The molecule has 0 saturated carbocycles. The Balaban J connectivity index is 1.72. The maximum Gasteiger partial charge on any atom is 0.411 e. The monoisotopic (exact) mass is 372 g/mol. The number of amides is 2. The molecular formula is C20H24N2O5. The number of carbonyl (C=O) groups excluding carboxylic acids is 2. The standard InChI is InChI=1S/C20H24N2O5/c1-3-25-17-9-11-18(12-10-17)27-14-13-21-19(23)15-5-7-16(8-6-15)22-20(24)26-4-2/h5-12H,3-4,13-14H2,1-2H3,(H,21,23)(H,22,24). The second-order valence-corrected chi connectivity index (χ2v) is 5.43. The predicted octanol–water partition coefficient (Wildman–Crippen LogP) is 3.46. The fourth-order valence-corrected chi connectivity index (χ4v) is 2.22. The van der Waals surface area contributed by atoms with E-state index in [1.165, 1.54) is 0 Å². The Hall–Kier alpha value is -3.22. The number of rotatable bonds is 9. The van der Waals surface area contributed by atoms with Crippen LogP contribution >= 0.6 is 0 Å². The van der Waals surface area contributed by atoms with Gasteiger partial charge in [-0.1, -0.05) is 0 Å². The zero-order chi connectivity index (χ0) is 19.5. The number of carbonyl (C=O) groups is 2. The van der Waals surface area contributed by atoms with Gasteiger partial charge in [0.15, 0.2) is 0 Å². The second kappa shape index (κ2) is 10.7. The Labute approximate surface area is 158 Å². The Kier molecular flexibility index (Phi) is 7.96. The Morgan fingerprint density at radius 3 is 2.07 bits per heavy atom. The first kappa shape index (κ1) is 20.1. The predicted molar refractivity (Wildman–Crippen MR) is 103 cm³/mol. The van der Waals surface area contributed by atoms with Crippen LogP contribution in [-0.4, -0.2) is 38.4 Å². The average molecular weight is 372 g/mol. The normalized spacial score (nSPS) is 10.0. The quantitative estimate of drug-likeness (QED) is 0.659. The van der Waals surface area contributed by atoms with Crippen molar-refractivity contribution in [2.75, 3.05) is 31.7 Å². The summed E-state index contributed by atoms with van der Waals surface area (Å²) < 4.78 is 15.7. The molecule has 7 heteroatoms. The van der Waals surface area contributed by atoms with E-state index in [1.807, 2.05) is 31.2 Å². The minimum atomic E-state index is -0.527. The fraction of sp³-hybridized carbons (Fsp3) is 0.300. The summed E-state index contributed by atoms with van der Waals surface area (Å²) in [6.07, 6.45) is -0.527. The van der Waals surface area contributed by atoms with Crippen LogP contribution in [0.1, 0.15) is 24.2 Å². The van der Waals surface area contributed by atoms with Crippen LogP contribution in [0.15, 0.2) is 48.5 Å². The molecule has 2 aromatic rings. The van der Waals surface area contributed by atoms with Crippen LogP contribution in [0, 0.1) is 0 Å². The maximum atomic E-state index is 12.1. The number of anilines is 1. The van der Waals surface area contributed by atoms with Crippen LogP contribution in [0.3, 0.4) is 0 Å². The van der Waals surface area contributed by atoms with Crippen LogP contribution < -0.4 is 20.1 Å². The third-order valence-corrected chi connectivity index (χ3v) is 3.46. The molecule has 2 N–H and O–H groups in total. The number of nitrogens with one attached hydrogen (secondary N) is 2. The molecule has 0 aliphatic carbocycles. The SMILES string of the molecule is CCOC(=O)Nc1ccc(C(=O)NCCOc2ccc(OCC)cc2)cc1. The van der Waals surface area contributed by atoms with Gasteiger partial charge in [-0.3, -0.25) is 10.1 Å². The smallest absolute Gasteiger partial charge is 0.411 e. The lowest BCUT2D eigenvalue weighted by Gasteiger charge is -2.09. The zero-order valence-electron chi connectivity index (χ0n) is 15.5. The minimum absolute atomic E-state index is 0.215. The lowest BCUT2D eigenvalue weighted by Crippen LogP contribution is -2.28. The van der Waals surface area contributed by atoms with Crippen molar-refractivity contribution in [3.05, 3.63) is 54.1 Å². The first-order valence-corrected chi connectivity index (χ1v) is 8.80. The van der Waals surface area contributed by atoms with Crippen molar-refractivity contribution in [2.45, 2.75) is 13.8 Å². The molecule has 144 valence electrons. The van der Waals surface area contributed by atoms with E-state index in [1.54, 1.807) is 31.2 Å². The Morgan fingerprint density at radius 1 is 0.852 bits per heavy atom. The highest BCUT2D eigenvalue weighted by Crippen LogP contribution is 2.17. The van der Waals surface area contributed by atoms with E-state index in [4.69, 9.17) is 14.2 Å². The summed E-state index contributed by atoms with van der Waals surface area (Å²) in [6.45, 7) is 5.29. The molecule has 2 rings (SSSR count). The molecule has 0 aliphatic rings. The lowest BCUT2D eigenvalue weighted by atomic mass is 10.2. The van der Waals surface area contributed by atoms with Gasteiger partial charge < -0.3 is 19.5 Å². The van der Waals surface area contributed by atoms with E-state index < -0.39 is 6.09 Å². The molecule has 2 aromatic carbocycles. The van der Waals surface area contributed by atoms with Gasteiger partial charge in [-0.05, 0) is 62.4 Å². The molecule has 2 amide bonds. The molecule has 0 atom stereocenters. The van der Waals surface area contributed by atoms with Gasteiger partial charge in [0.1, 0.15) is 18.1 Å². The molecule has 0 aromatic heterocycles. The lowest BCUT2D eigenvalue weighted by molar-refractivity contribution is 0.0947. The number of hydrogen-bond acceptors (Lipinski definition) is 5. The minimum Gasteiger partial charge on any atom is -0.494 e. The number of benzene rings is 2. The number of ether oxygens (including phenoxy) is 3. The molecule has 0 saturated heterocycles. The van der Waals surface area contributed by atoms with Gasteiger partial charge >= 0.3 is 6.09 Å². The summed E-state index contributed by atoms with van der Waals surface area (Å²) in [7, 11) is 0. The highest BCUT2D eigenvalue weighted by Gasteiger charge is 2.06. The van der Waals surface area contributed by atoms with Crippen LogP contribution in [0.25, 0.3) is 0 Å². The van der Waals surface area contributed by atoms with E-state index in [2.05, 4.69) is 10.6 Å². The van der Waals surface area contributed by atoms with Crippen molar-refractivity contribution in [1.29, 1.82) is 0 Å². The summed E-state index contributed by atoms with van der Waals surface area (Å²) in [5.41, 5.74) is 1.05. The van der Waals surface area contributed by atoms with Crippen molar-refractivity contribution < 1.29 is 23.8 Å². The van der Waals surface area contributed by atoms with E-state index in [0.29, 0.717) is 43.4 Å². The molecule has 0 bridgehead atoms. The van der Waals surface area contributed by atoms with Gasteiger partial charge in [0.2, 0.25) is 0 Å². The summed E-state index contributed by atoms with van der Waals surface area (Å²) in [6, 6.07) is 13.9. The van der Waals surface area contributed by atoms with E-state index in [0.717, 1.165) is 5.75 Å². The Bertz CT molecular complexity index is 729. The van der Waals surface area contributed by atoms with Crippen LogP contribution in [0.5, 0.6) is 11.5 Å². The van der Waals surface area contributed by atoms with E-state index in [9.17, 15) is 9.59 Å². The van der Waals surface area contributed by atoms with Crippen molar-refractivity contribution in [2.24, 2.45) is 0 Å². The summed E-state index contributed by atoms with van der Waals surface area (Å²) in [4.78, 5) is 23.5. The van der Waals surface area contributed by atoms with Crippen molar-refractivity contribution >= 4 is 17.7 Å². The summed E-state index contributed by atoms with van der Waals surface area (Å²) >= 11 is 0. The molecule has 0 heterocycles. The highest BCUT2D eigenvalue weighted by molar-refractivity contribution is 5.95. The van der Waals surface area contributed by atoms with E-state index in [-0.39, 0.29) is 5.91 Å². The van der Waals surface area contributed by atoms with E-state index >= 15 is 0 Å². The number of hydrogen-bond donors (Lipinski definition) is 2. The molecule has 27 heavy (non-hydrogen) atoms. The van der Waals surface area contributed by atoms with Crippen molar-refractivity contribution in [1.82, 2.24) is 5.32 Å². The largest absolute Gasteiger partial charge is 0.494 e. The average Bonchev–Trinajstić information content (AvgIpc) is 2.67. The molecular weight excluding hydrogens is 348 g/mol. The van der Waals surface area contributed by atoms with Crippen molar-refractivity contribution in [3.63, 3.8) is 0 Å². The molecule has 7 nitrogen and oxygen atoms in total. The third-order valence-electron chi connectivity index (χ3n) is 3.46. The molecule has 0 unspecified atom stereocenters. The zero-order valence-corrected chi connectivity index (χ0v) is 15.5. The first-order valence-electron chi connectivity index (χ1n) is 8.80. The van der Waals surface area contributed by atoms with Gasteiger partial charge in [-0.2, -0.15) is 0 Å². The summed E-state index contributed by atoms with van der Waals surface area (Å²) in [5.74, 6) is 1.29. The molecule has 0 aliphatic heterocycles. The topological polar surface area (TPSA) is 85.9 Å². The molecule has 0 spiro atoms. The molecule has 0 fully saturated rings.